The Bertz CT molecular complexity index is 909. The molecule has 5 nitrogen and oxygen atoms in total. The Kier molecular flexibility index (Phi) is 5.90. The first-order chi connectivity index (χ1) is 14.1. The number of amides is 1. The normalized spacial score (nSPS) is 16.8. The predicted octanol–water partition coefficient (Wildman–Crippen LogP) is 4.00. The number of nitrogens with zero attached hydrogens (tertiary/aromatic N) is 2. The summed E-state index contributed by atoms with van der Waals surface area (Å²) in [6, 6.07) is 10.0. The summed E-state index contributed by atoms with van der Waals surface area (Å²) >= 11 is 6.30. The fourth-order valence-corrected chi connectivity index (χ4v) is 3.73. The molecule has 7 heteroatoms. The number of ether oxygens (including phenoxy) is 2. The van der Waals surface area contributed by atoms with E-state index in [4.69, 9.17) is 21.1 Å². The standard InChI is InChI=1S/C22H22ClFN2O3/c23-19-14-16(15-20-22(19)29-13-1-12-28-20)2-7-21(27)26-10-8-25(9-11-26)18-5-3-17(24)4-6-18/h2-7,14-15H,1,8-13H2/b7-2+. The molecule has 1 fully saturated rings. The second-order valence-corrected chi connectivity index (χ2v) is 7.41. The van der Waals surface area contributed by atoms with Crippen LogP contribution >= 0.6 is 11.6 Å². The fourth-order valence-electron chi connectivity index (χ4n) is 3.46. The maximum absolute atomic E-state index is 13.1. The third-order valence-electron chi connectivity index (χ3n) is 5.03. The van der Waals surface area contributed by atoms with Gasteiger partial charge in [-0.15, -0.1) is 0 Å². The van der Waals surface area contributed by atoms with E-state index in [1.807, 2.05) is 6.07 Å². The van der Waals surface area contributed by atoms with Gasteiger partial charge in [-0.2, -0.15) is 0 Å². The van der Waals surface area contributed by atoms with Crippen molar-refractivity contribution in [2.75, 3.05) is 44.3 Å². The van der Waals surface area contributed by atoms with Crippen LogP contribution in [0.25, 0.3) is 6.08 Å². The minimum Gasteiger partial charge on any atom is -0.489 e. The average Bonchev–Trinajstić information content (AvgIpc) is 2.99. The van der Waals surface area contributed by atoms with E-state index in [9.17, 15) is 9.18 Å². The highest BCUT2D eigenvalue weighted by Crippen LogP contribution is 2.38. The Hall–Kier alpha value is -2.73. The Morgan fingerprint density at radius 3 is 2.52 bits per heavy atom. The number of carbonyl (C=O) groups is 1. The van der Waals surface area contributed by atoms with Gasteiger partial charge >= 0.3 is 0 Å². The summed E-state index contributed by atoms with van der Waals surface area (Å²) in [5, 5.41) is 0.476. The zero-order valence-electron chi connectivity index (χ0n) is 15.9. The highest BCUT2D eigenvalue weighted by molar-refractivity contribution is 6.32. The molecule has 2 aromatic carbocycles. The molecule has 29 heavy (non-hydrogen) atoms. The molecular weight excluding hydrogens is 395 g/mol. The smallest absolute Gasteiger partial charge is 0.246 e. The number of hydrogen-bond donors (Lipinski definition) is 0. The quantitative estimate of drug-likeness (QED) is 0.709. The molecule has 1 amide bonds. The molecule has 2 aliphatic rings. The van der Waals surface area contributed by atoms with Crippen LogP contribution < -0.4 is 14.4 Å². The zero-order valence-corrected chi connectivity index (χ0v) is 16.7. The number of halogens is 2. The van der Waals surface area contributed by atoms with Gasteiger partial charge in [-0.05, 0) is 48.0 Å². The van der Waals surface area contributed by atoms with Crippen LogP contribution in [0, 0.1) is 5.82 Å². The fraction of sp³-hybridized carbons (Fsp3) is 0.318. The summed E-state index contributed by atoms with van der Waals surface area (Å²) in [5.74, 6) is 0.870. The molecule has 0 unspecified atom stereocenters. The van der Waals surface area contributed by atoms with Crippen molar-refractivity contribution in [1.82, 2.24) is 4.90 Å². The van der Waals surface area contributed by atoms with Gasteiger partial charge in [-0.1, -0.05) is 11.6 Å². The molecule has 0 spiro atoms. The summed E-state index contributed by atoms with van der Waals surface area (Å²) in [7, 11) is 0. The van der Waals surface area contributed by atoms with Crippen molar-refractivity contribution in [2.24, 2.45) is 0 Å². The van der Waals surface area contributed by atoms with Gasteiger partial charge in [0.05, 0.1) is 18.2 Å². The lowest BCUT2D eigenvalue weighted by Gasteiger charge is -2.35. The van der Waals surface area contributed by atoms with E-state index in [2.05, 4.69) is 4.90 Å². The molecule has 0 saturated carbocycles. The molecule has 1 saturated heterocycles. The van der Waals surface area contributed by atoms with Gasteiger partial charge in [0.15, 0.2) is 11.5 Å². The Labute approximate surface area is 174 Å². The van der Waals surface area contributed by atoms with E-state index < -0.39 is 0 Å². The molecule has 0 radical (unpaired) electrons. The van der Waals surface area contributed by atoms with Gasteiger partial charge in [0.2, 0.25) is 5.91 Å². The molecule has 2 aliphatic heterocycles. The Balaban J connectivity index is 1.37. The van der Waals surface area contributed by atoms with Gasteiger partial charge in [0.25, 0.3) is 0 Å². The summed E-state index contributed by atoms with van der Waals surface area (Å²) in [4.78, 5) is 16.5. The van der Waals surface area contributed by atoms with E-state index in [-0.39, 0.29) is 11.7 Å². The highest BCUT2D eigenvalue weighted by atomic mass is 35.5. The van der Waals surface area contributed by atoms with Gasteiger partial charge in [0.1, 0.15) is 5.82 Å². The summed E-state index contributed by atoms with van der Waals surface area (Å²) < 4.78 is 24.4. The van der Waals surface area contributed by atoms with Gasteiger partial charge in [-0.3, -0.25) is 4.79 Å². The zero-order chi connectivity index (χ0) is 20.2. The number of benzene rings is 2. The highest BCUT2D eigenvalue weighted by Gasteiger charge is 2.20. The van der Waals surface area contributed by atoms with E-state index in [0.717, 1.165) is 17.7 Å². The second-order valence-electron chi connectivity index (χ2n) is 7.00. The molecule has 2 aromatic rings. The van der Waals surface area contributed by atoms with Crippen LogP contribution in [-0.4, -0.2) is 50.2 Å². The second kappa shape index (κ2) is 8.74. The molecule has 4 rings (SSSR count). The predicted molar refractivity (Wildman–Crippen MR) is 111 cm³/mol. The molecule has 0 aliphatic carbocycles. The SMILES string of the molecule is O=C(/C=C/c1cc(Cl)c2c(c1)OCCCO2)N1CCN(c2ccc(F)cc2)CC1. The van der Waals surface area contributed by atoms with Crippen molar-refractivity contribution >= 4 is 29.3 Å². The molecule has 0 aromatic heterocycles. The number of hydrogen-bond acceptors (Lipinski definition) is 4. The van der Waals surface area contributed by atoms with E-state index in [1.54, 1.807) is 35.3 Å². The number of anilines is 1. The van der Waals surface area contributed by atoms with Crippen LogP contribution in [0.5, 0.6) is 11.5 Å². The van der Waals surface area contributed by atoms with Crippen molar-refractivity contribution in [3.63, 3.8) is 0 Å². The van der Waals surface area contributed by atoms with Crippen LogP contribution in [0.3, 0.4) is 0 Å². The first-order valence-electron chi connectivity index (χ1n) is 9.67. The number of fused-ring (bicyclic) bond motifs is 1. The lowest BCUT2D eigenvalue weighted by atomic mass is 10.1. The van der Waals surface area contributed by atoms with Crippen LogP contribution in [-0.2, 0) is 4.79 Å². The van der Waals surface area contributed by atoms with Crippen molar-refractivity contribution < 1.29 is 18.7 Å². The Morgan fingerprint density at radius 1 is 1.03 bits per heavy atom. The molecule has 0 atom stereocenters. The minimum absolute atomic E-state index is 0.0491. The maximum Gasteiger partial charge on any atom is 0.246 e. The van der Waals surface area contributed by atoms with Crippen LogP contribution in [0.2, 0.25) is 5.02 Å². The molecule has 0 bridgehead atoms. The van der Waals surface area contributed by atoms with Gasteiger partial charge in [-0.25, -0.2) is 4.39 Å². The third kappa shape index (κ3) is 4.65. The number of carbonyl (C=O) groups excluding carboxylic acids is 1. The summed E-state index contributed by atoms with van der Waals surface area (Å²) in [5.41, 5.74) is 1.76. The lowest BCUT2D eigenvalue weighted by Crippen LogP contribution is -2.48. The molecule has 2 heterocycles. The summed E-state index contributed by atoms with van der Waals surface area (Å²) in [6.45, 7) is 3.80. The van der Waals surface area contributed by atoms with Crippen molar-refractivity contribution in [2.45, 2.75) is 6.42 Å². The monoisotopic (exact) mass is 416 g/mol. The molecule has 152 valence electrons. The third-order valence-corrected chi connectivity index (χ3v) is 5.31. The van der Waals surface area contributed by atoms with E-state index >= 15 is 0 Å². The van der Waals surface area contributed by atoms with E-state index in [1.165, 1.54) is 12.1 Å². The van der Waals surface area contributed by atoms with Crippen LogP contribution in [0.4, 0.5) is 10.1 Å². The first-order valence-corrected chi connectivity index (χ1v) is 10.0. The largest absolute Gasteiger partial charge is 0.489 e. The van der Waals surface area contributed by atoms with Crippen molar-refractivity contribution in [3.05, 3.63) is 58.9 Å². The van der Waals surface area contributed by atoms with Crippen LogP contribution in [0.15, 0.2) is 42.5 Å². The Morgan fingerprint density at radius 2 is 1.76 bits per heavy atom. The van der Waals surface area contributed by atoms with Crippen molar-refractivity contribution in [3.8, 4) is 11.5 Å². The lowest BCUT2D eigenvalue weighted by molar-refractivity contribution is -0.126. The van der Waals surface area contributed by atoms with Gasteiger partial charge < -0.3 is 19.3 Å². The average molecular weight is 417 g/mol. The first kappa shape index (κ1) is 19.6. The van der Waals surface area contributed by atoms with Crippen LogP contribution in [0.1, 0.15) is 12.0 Å². The van der Waals surface area contributed by atoms with E-state index in [0.29, 0.717) is 55.9 Å². The molecule has 0 N–H and O–H groups in total. The summed E-state index contributed by atoms with van der Waals surface area (Å²) in [6.07, 6.45) is 4.11. The maximum atomic E-state index is 13.1. The van der Waals surface area contributed by atoms with Crippen molar-refractivity contribution in [1.29, 1.82) is 0 Å². The number of piperazine rings is 1. The minimum atomic E-state index is -0.248. The topological polar surface area (TPSA) is 42.0 Å². The van der Waals surface area contributed by atoms with Gasteiger partial charge in [0, 0.05) is 44.4 Å². The molecular formula is C22H22ClFN2O3. The number of rotatable bonds is 3.